The van der Waals surface area contributed by atoms with Gasteiger partial charge in [0.15, 0.2) is 0 Å². The van der Waals surface area contributed by atoms with Crippen LogP contribution in [-0.2, 0) is 16.1 Å². The number of aliphatic carboxylic acids is 1. The van der Waals surface area contributed by atoms with Gasteiger partial charge in [0, 0.05) is 49.9 Å². The van der Waals surface area contributed by atoms with Crippen LogP contribution in [0.25, 0.3) is 11.1 Å². The summed E-state index contributed by atoms with van der Waals surface area (Å²) in [6.07, 6.45) is 0.612. The number of hydrogen-bond donors (Lipinski definition) is 2. The summed E-state index contributed by atoms with van der Waals surface area (Å²) in [5.74, 6) is -0.179. The van der Waals surface area contributed by atoms with E-state index in [2.05, 4.69) is 28.5 Å². The molecule has 4 atom stereocenters. The SMILES string of the molecule is COc1ccc(-c2ccccc2)cc1CN[C@H]1[C@H](C(C)(C)C)[C@@H](C(=O)O)N(C(=O)OC(C)C)[C@H]1c1cccnc1N(C)C. The second kappa shape index (κ2) is 13.0. The summed E-state index contributed by atoms with van der Waals surface area (Å²) < 4.78 is 11.4. The summed E-state index contributed by atoms with van der Waals surface area (Å²) in [7, 11) is 5.41. The largest absolute Gasteiger partial charge is 0.496 e. The summed E-state index contributed by atoms with van der Waals surface area (Å²) in [5, 5.41) is 14.4. The molecule has 3 aromatic rings. The van der Waals surface area contributed by atoms with E-state index in [-0.39, 0.29) is 0 Å². The second-order valence-electron chi connectivity index (χ2n) is 12.6. The molecule has 0 saturated carbocycles. The number of methoxy groups -OCH3 is 1. The maximum absolute atomic E-state index is 13.8. The fourth-order valence-corrected chi connectivity index (χ4v) is 6.24. The molecule has 2 N–H and O–H groups in total. The average molecular weight is 589 g/mol. The van der Waals surface area contributed by atoms with Gasteiger partial charge in [0.25, 0.3) is 0 Å². The highest BCUT2D eigenvalue weighted by atomic mass is 16.6. The van der Waals surface area contributed by atoms with E-state index in [4.69, 9.17) is 9.47 Å². The van der Waals surface area contributed by atoms with Gasteiger partial charge >= 0.3 is 12.1 Å². The molecule has 1 amide bonds. The number of anilines is 1. The molecule has 1 aliphatic rings. The van der Waals surface area contributed by atoms with Crippen molar-refractivity contribution >= 4 is 17.9 Å². The van der Waals surface area contributed by atoms with Gasteiger partial charge < -0.3 is 24.8 Å². The Morgan fingerprint density at radius 2 is 1.74 bits per heavy atom. The molecule has 2 heterocycles. The van der Waals surface area contributed by atoms with Crippen molar-refractivity contribution in [2.24, 2.45) is 11.3 Å². The Kier molecular flexibility index (Phi) is 9.65. The highest BCUT2D eigenvalue weighted by Crippen LogP contribution is 2.50. The molecule has 1 fully saturated rings. The predicted octanol–water partition coefficient (Wildman–Crippen LogP) is 6.00. The molecule has 0 unspecified atom stereocenters. The van der Waals surface area contributed by atoms with E-state index < -0.39 is 47.6 Å². The molecule has 4 rings (SSSR count). The van der Waals surface area contributed by atoms with Crippen molar-refractivity contribution in [3.8, 4) is 16.9 Å². The van der Waals surface area contributed by atoms with Gasteiger partial charge in [0.1, 0.15) is 17.6 Å². The number of benzene rings is 2. The lowest BCUT2D eigenvalue weighted by Crippen LogP contribution is -2.48. The van der Waals surface area contributed by atoms with E-state index in [9.17, 15) is 14.7 Å². The highest BCUT2D eigenvalue weighted by Gasteiger charge is 2.59. The summed E-state index contributed by atoms with van der Waals surface area (Å²) in [6, 6.07) is 17.6. The van der Waals surface area contributed by atoms with Crippen LogP contribution in [-0.4, -0.2) is 66.4 Å². The molecule has 1 aromatic heterocycles. The van der Waals surface area contributed by atoms with Crippen LogP contribution in [0.2, 0.25) is 0 Å². The Labute approximate surface area is 254 Å². The molecule has 0 radical (unpaired) electrons. The number of carbonyl (C=O) groups is 2. The first kappa shape index (κ1) is 31.8. The molecule has 0 spiro atoms. The molecule has 230 valence electrons. The van der Waals surface area contributed by atoms with E-state index in [0.29, 0.717) is 12.4 Å². The molecule has 2 aromatic carbocycles. The maximum Gasteiger partial charge on any atom is 0.411 e. The van der Waals surface area contributed by atoms with Crippen LogP contribution in [0.1, 0.15) is 51.8 Å². The first-order chi connectivity index (χ1) is 20.3. The zero-order valence-corrected chi connectivity index (χ0v) is 26.4. The lowest BCUT2D eigenvalue weighted by atomic mass is 9.72. The smallest absolute Gasteiger partial charge is 0.411 e. The zero-order chi connectivity index (χ0) is 31.5. The Bertz CT molecular complexity index is 1420. The van der Waals surface area contributed by atoms with Crippen LogP contribution >= 0.6 is 0 Å². The second-order valence-corrected chi connectivity index (χ2v) is 12.6. The number of ether oxygens (including phenoxy) is 2. The molecule has 9 heteroatoms. The number of hydrogen-bond acceptors (Lipinski definition) is 7. The monoisotopic (exact) mass is 588 g/mol. The lowest BCUT2D eigenvalue weighted by molar-refractivity contribution is -0.144. The minimum Gasteiger partial charge on any atom is -0.496 e. The van der Waals surface area contributed by atoms with Crippen LogP contribution in [0, 0.1) is 11.3 Å². The third-order valence-electron chi connectivity index (χ3n) is 7.94. The molecule has 9 nitrogen and oxygen atoms in total. The van der Waals surface area contributed by atoms with Crippen molar-refractivity contribution in [1.82, 2.24) is 15.2 Å². The summed E-state index contributed by atoms with van der Waals surface area (Å²) in [4.78, 5) is 34.7. The minimum absolute atomic E-state index is 0.383. The van der Waals surface area contributed by atoms with Gasteiger partial charge in [-0.15, -0.1) is 0 Å². The summed E-state index contributed by atoms with van der Waals surface area (Å²) in [5.41, 5.74) is 3.29. The van der Waals surface area contributed by atoms with Crippen LogP contribution in [0.4, 0.5) is 10.6 Å². The van der Waals surface area contributed by atoms with Crippen molar-refractivity contribution in [2.45, 2.75) is 65.4 Å². The average Bonchev–Trinajstić information content (AvgIpc) is 3.32. The van der Waals surface area contributed by atoms with Crippen molar-refractivity contribution in [2.75, 3.05) is 26.1 Å². The Hall–Kier alpha value is -4.11. The van der Waals surface area contributed by atoms with E-state index in [0.717, 1.165) is 28.0 Å². The Balaban J connectivity index is 1.87. The first-order valence-corrected chi connectivity index (χ1v) is 14.6. The number of rotatable bonds is 9. The van der Waals surface area contributed by atoms with E-state index in [1.54, 1.807) is 27.2 Å². The first-order valence-electron chi connectivity index (χ1n) is 14.6. The van der Waals surface area contributed by atoms with Crippen molar-refractivity contribution in [3.63, 3.8) is 0 Å². The van der Waals surface area contributed by atoms with Gasteiger partial charge in [-0.1, -0.05) is 63.2 Å². The van der Waals surface area contributed by atoms with Crippen molar-refractivity contribution in [1.29, 1.82) is 0 Å². The Morgan fingerprint density at radius 3 is 2.33 bits per heavy atom. The number of aromatic nitrogens is 1. The third-order valence-corrected chi connectivity index (χ3v) is 7.94. The number of nitrogens with zero attached hydrogens (tertiary/aromatic N) is 3. The standard InChI is InChI=1S/C34H44N4O5/c1-21(2)43-33(41)38-29(25-15-12-18-35-31(25)37(6)7)28(27(34(3,4)5)30(38)32(39)40)36-20-24-19-23(16-17-26(24)42-8)22-13-10-9-11-14-22/h9-19,21,27-30,36H,20H2,1-8H3,(H,39,40)/t27-,28-,29-,30-/m0/s1. The van der Waals surface area contributed by atoms with E-state index in [1.165, 1.54) is 4.90 Å². The minimum atomic E-state index is -1.14. The van der Waals surface area contributed by atoms with Gasteiger partial charge in [-0.3, -0.25) is 4.90 Å². The van der Waals surface area contributed by atoms with Crippen LogP contribution in [0.15, 0.2) is 66.9 Å². The van der Waals surface area contributed by atoms with E-state index >= 15 is 0 Å². The molecular weight excluding hydrogens is 544 g/mol. The quantitative estimate of drug-likeness (QED) is 0.314. The Morgan fingerprint density at radius 1 is 1.05 bits per heavy atom. The predicted molar refractivity (Wildman–Crippen MR) is 168 cm³/mol. The van der Waals surface area contributed by atoms with Gasteiger partial charge in [-0.05, 0) is 48.6 Å². The van der Waals surface area contributed by atoms with Crippen LogP contribution in [0.5, 0.6) is 5.75 Å². The highest BCUT2D eigenvalue weighted by molar-refractivity contribution is 5.82. The molecule has 1 saturated heterocycles. The molecule has 43 heavy (non-hydrogen) atoms. The van der Waals surface area contributed by atoms with Gasteiger partial charge in [-0.2, -0.15) is 0 Å². The topological polar surface area (TPSA) is 104 Å². The zero-order valence-electron chi connectivity index (χ0n) is 26.4. The van der Waals surface area contributed by atoms with Gasteiger partial charge in [0.05, 0.1) is 19.3 Å². The molecular formula is C34H44N4O5. The normalized spacial score (nSPS) is 20.3. The van der Waals surface area contributed by atoms with E-state index in [1.807, 2.05) is 82.2 Å². The third kappa shape index (κ3) is 6.77. The fraction of sp³-hybridized carbons (Fsp3) is 0.441. The maximum atomic E-state index is 13.8. The molecule has 0 aliphatic carbocycles. The fourth-order valence-electron chi connectivity index (χ4n) is 6.24. The number of pyridine rings is 1. The number of carboxylic acid groups (broad SMARTS) is 1. The van der Waals surface area contributed by atoms with Crippen molar-refractivity contribution in [3.05, 3.63) is 78.0 Å². The number of likely N-dealkylation sites (tertiary alicyclic amines) is 1. The number of carboxylic acids is 1. The van der Waals surface area contributed by atoms with Crippen LogP contribution < -0.4 is 15.0 Å². The number of carbonyl (C=O) groups excluding carboxylic acids is 1. The number of amides is 1. The molecule has 1 aliphatic heterocycles. The van der Waals surface area contributed by atoms with Gasteiger partial charge in [-0.25, -0.2) is 14.6 Å². The van der Waals surface area contributed by atoms with Gasteiger partial charge in [0.2, 0.25) is 0 Å². The van der Waals surface area contributed by atoms with Crippen LogP contribution in [0.3, 0.4) is 0 Å². The summed E-state index contributed by atoms with van der Waals surface area (Å²) in [6.45, 7) is 9.96. The number of nitrogens with one attached hydrogen (secondary N) is 1. The van der Waals surface area contributed by atoms with Crippen molar-refractivity contribution < 1.29 is 24.2 Å². The molecule has 0 bridgehead atoms. The lowest BCUT2D eigenvalue weighted by Gasteiger charge is -2.35. The summed E-state index contributed by atoms with van der Waals surface area (Å²) >= 11 is 0.